The van der Waals surface area contributed by atoms with E-state index in [-0.39, 0.29) is 12.1 Å². The maximum absolute atomic E-state index is 6.32. The summed E-state index contributed by atoms with van der Waals surface area (Å²) in [5.74, 6) is 1.64. The molecule has 0 radical (unpaired) electrons. The molecule has 20 heavy (non-hydrogen) atoms. The Balaban J connectivity index is 2.01. The second-order valence-electron chi connectivity index (χ2n) is 5.45. The molecule has 1 saturated heterocycles. The fourth-order valence-corrected chi connectivity index (χ4v) is 3.12. The Morgan fingerprint density at radius 2 is 2.05 bits per heavy atom. The number of nitrogens with zero attached hydrogens (tertiary/aromatic N) is 1. The molecule has 5 heteroatoms. The number of nitrogens with two attached hydrogens (primary N) is 1. The van der Waals surface area contributed by atoms with E-state index in [1.165, 1.54) is 0 Å². The lowest BCUT2D eigenvalue weighted by atomic mass is 9.93. The summed E-state index contributed by atoms with van der Waals surface area (Å²) in [5.41, 5.74) is 8.62. The maximum Gasteiger partial charge on any atom is 0.166 e. The van der Waals surface area contributed by atoms with E-state index in [1.54, 1.807) is 7.11 Å². The number of morpholine rings is 1. The summed E-state index contributed by atoms with van der Waals surface area (Å²) in [6, 6.07) is 4.33. The SMILES string of the molecule is COc1cc(C)cc2c1OCC(N)C2N1CCOCC1. The molecule has 5 nitrogen and oxygen atoms in total. The fraction of sp³-hybridized carbons (Fsp3) is 0.600. The normalized spacial score (nSPS) is 26.8. The molecule has 2 atom stereocenters. The summed E-state index contributed by atoms with van der Waals surface area (Å²) >= 11 is 0. The van der Waals surface area contributed by atoms with E-state index < -0.39 is 0 Å². The molecule has 0 saturated carbocycles. The third-order valence-corrected chi connectivity index (χ3v) is 4.03. The van der Waals surface area contributed by atoms with E-state index in [0.29, 0.717) is 6.61 Å². The minimum atomic E-state index is -0.0212. The molecule has 0 bridgehead atoms. The van der Waals surface area contributed by atoms with Gasteiger partial charge in [0, 0.05) is 18.7 Å². The van der Waals surface area contributed by atoms with Crippen LogP contribution < -0.4 is 15.2 Å². The minimum Gasteiger partial charge on any atom is -0.493 e. The molecule has 3 rings (SSSR count). The fourth-order valence-electron chi connectivity index (χ4n) is 3.12. The lowest BCUT2D eigenvalue weighted by molar-refractivity contribution is 0.00111. The molecule has 1 aromatic rings. The summed E-state index contributed by atoms with van der Waals surface area (Å²) in [5, 5.41) is 0. The van der Waals surface area contributed by atoms with Crippen LogP contribution in [-0.2, 0) is 4.74 Å². The van der Waals surface area contributed by atoms with Crippen LogP contribution in [0.2, 0.25) is 0 Å². The lowest BCUT2D eigenvalue weighted by Gasteiger charge is -2.41. The molecule has 2 N–H and O–H groups in total. The first-order valence-electron chi connectivity index (χ1n) is 7.09. The Labute approximate surface area is 119 Å². The topological polar surface area (TPSA) is 57.0 Å². The molecule has 0 spiro atoms. The summed E-state index contributed by atoms with van der Waals surface area (Å²) in [7, 11) is 1.68. The molecule has 0 aromatic heterocycles. The highest BCUT2D eigenvalue weighted by Crippen LogP contribution is 2.42. The smallest absolute Gasteiger partial charge is 0.166 e. The average Bonchev–Trinajstić information content (AvgIpc) is 2.47. The molecular weight excluding hydrogens is 256 g/mol. The predicted molar refractivity (Wildman–Crippen MR) is 76.3 cm³/mol. The number of aryl methyl sites for hydroxylation is 1. The van der Waals surface area contributed by atoms with Crippen LogP contribution in [0.15, 0.2) is 12.1 Å². The van der Waals surface area contributed by atoms with Gasteiger partial charge < -0.3 is 19.9 Å². The van der Waals surface area contributed by atoms with Crippen molar-refractivity contribution in [1.29, 1.82) is 0 Å². The number of benzene rings is 1. The Bertz CT molecular complexity index is 486. The highest BCUT2D eigenvalue weighted by molar-refractivity contribution is 5.52. The number of fused-ring (bicyclic) bond motifs is 1. The van der Waals surface area contributed by atoms with E-state index in [1.807, 2.05) is 6.07 Å². The zero-order valence-corrected chi connectivity index (χ0v) is 12.1. The van der Waals surface area contributed by atoms with Crippen LogP contribution in [0.3, 0.4) is 0 Å². The van der Waals surface area contributed by atoms with Crippen molar-refractivity contribution in [3.05, 3.63) is 23.3 Å². The van der Waals surface area contributed by atoms with Crippen LogP contribution in [0.1, 0.15) is 17.2 Å². The number of ether oxygens (including phenoxy) is 3. The maximum atomic E-state index is 6.32. The van der Waals surface area contributed by atoms with Crippen LogP contribution in [0.4, 0.5) is 0 Å². The summed E-state index contributed by atoms with van der Waals surface area (Å²) in [6.07, 6.45) is 0. The van der Waals surface area contributed by atoms with Gasteiger partial charge in [-0.25, -0.2) is 0 Å². The van der Waals surface area contributed by atoms with Gasteiger partial charge in [-0.3, -0.25) is 4.90 Å². The minimum absolute atomic E-state index is 0.0212. The Morgan fingerprint density at radius 3 is 2.75 bits per heavy atom. The van der Waals surface area contributed by atoms with Crippen molar-refractivity contribution in [2.75, 3.05) is 40.0 Å². The third-order valence-electron chi connectivity index (χ3n) is 4.03. The summed E-state index contributed by atoms with van der Waals surface area (Å²) < 4.78 is 16.7. The number of hydrogen-bond donors (Lipinski definition) is 1. The first kappa shape index (κ1) is 13.7. The molecule has 110 valence electrons. The zero-order chi connectivity index (χ0) is 14.1. The van der Waals surface area contributed by atoms with Gasteiger partial charge in [-0.05, 0) is 18.6 Å². The van der Waals surface area contributed by atoms with E-state index >= 15 is 0 Å². The molecule has 1 fully saturated rings. The Morgan fingerprint density at radius 1 is 1.30 bits per heavy atom. The van der Waals surface area contributed by atoms with Crippen molar-refractivity contribution in [3.8, 4) is 11.5 Å². The highest BCUT2D eigenvalue weighted by atomic mass is 16.5. The quantitative estimate of drug-likeness (QED) is 0.878. The van der Waals surface area contributed by atoms with Crippen LogP contribution >= 0.6 is 0 Å². The second kappa shape index (κ2) is 5.60. The molecule has 0 aliphatic carbocycles. The third kappa shape index (κ3) is 2.37. The summed E-state index contributed by atoms with van der Waals surface area (Å²) in [6.45, 7) is 5.95. The van der Waals surface area contributed by atoms with Gasteiger partial charge in [0.15, 0.2) is 11.5 Å². The van der Waals surface area contributed by atoms with Gasteiger partial charge in [-0.15, -0.1) is 0 Å². The van der Waals surface area contributed by atoms with Crippen LogP contribution in [-0.4, -0.2) is 51.0 Å². The number of methoxy groups -OCH3 is 1. The van der Waals surface area contributed by atoms with Gasteiger partial charge in [0.1, 0.15) is 6.61 Å². The monoisotopic (exact) mass is 278 g/mol. The first-order chi connectivity index (χ1) is 9.70. The highest BCUT2D eigenvalue weighted by Gasteiger charge is 2.35. The van der Waals surface area contributed by atoms with Crippen molar-refractivity contribution in [1.82, 2.24) is 4.90 Å². The number of hydrogen-bond acceptors (Lipinski definition) is 5. The molecular formula is C15H22N2O3. The zero-order valence-electron chi connectivity index (χ0n) is 12.1. The Kier molecular flexibility index (Phi) is 3.83. The van der Waals surface area contributed by atoms with Gasteiger partial charge in [0.05, 0.1) is 32.4 Å². The van der Waals surface area contributed by atoms with Crippen LogP contribution in [0.25, 0.3) is 0 Å². The number of rotatable bonds is 2. The van der Waals surface area contributed by atoms with Crippen LogP contribution in [0, 0.1) is 6.92 Å². The van der Waals surface area contributed by atoms with E-state index in [9.17, 15) is 0 Å². The first-order valence-corrected chi connectivity index (χ1v) is 7.09. The molecule has 0 amide bonds. The summed E-state index contributed by atoms with van der Waals surface area (Å²) in [4.78, 5) is 2.40. The molecule has 2 heterocycles. The molecule has 2 unspecified atom stereocenters. The van der Waals surface area contributed by atoms with Gasteiger partial charge in [0.2, 0.25) is 0 Å². The molecule has 2 aliphatic heterocycles. The van der Waals surface area contributed by atoms with E-state index in [4.69, 9.17) is 19.9 Å². The largest absolute Gasteiger partial charge is 0.493 e. The van der Waals surface area contributed by atoms with E-state index in [2.05, 4.69) is 17.9 Å². The van der Waals surface area contributed by atoms with E-state index in [0.717, 1.165) is 48.9 Å². The van der Waals surface area contributed by atoms with Crippen molar-refractivity contribution in [3.63, 3.8) is 0 Å². The lowest BCUT2D eigenvalue weighted by Crippen LogP contribution is -2.50. The van der Waals surface area contributed by atoms with Crippen molar-refractivity contribution < 1.29 is 14.2 Å². The predicted octanol–water partition coefficient (Wildman–Crippen LogP) is 1.10. The standard InChI is InChI=1S/C15H22N2O3/c1-10-7-11-14(17-3-5-19-6-4-17)12(16)9-20-15(11)13(8-10)18-2/h7-8,12,14H,3-6,9,16H2,1-2H3. The van der Waals surface area contributed by atoms with Gasteiger partial charge in [-0.2, -0.15) is 0 Å². The molecule has 1 aromatic carbocycles. The van der Waals surface area contributed by atoms with Crippen molar-refractivity contribution in [2.24, 2.45) is 5.73 Å². The van der Waals surface area contributed by atoms with Crippen molar-refractivity contribution in [2.45, 2.75) is 19.0 Å². The van der Waals surface area contributed by atoms with Crippen molar-refractivity contribution >= 4 is 0 Å². The second-order valence-corrected chi connectivity index (χ2v) is 5.45. The molecule has 2 aliphatic rings. The van der Waals surface area contributed by atoms with Gasteiger partial charge in [-0.1, -0.05) is 6.07 Å². The van der Waals surface area contributed by atoms with Gasteiger partial charge in [0.25, 0.3) is 0 Å². The van der Waals surface area contributed by atoms with Gasteiger partial charge >= 0.3 is 0 Å². The van der Waals surface area contributed by atoms with Crippen LogP contribution in [0.5, 0.6) is 11.5 Å². The average molecular weight is 278 g/mol. The Hall–Kier alpha value is -1.30.